The number of aryl methyl sites for hydroxylation is 1. The molecule has 5 heterocycles. The van der Waals surface area contributed by atoms with Crippen molar-refractivity contribution in [2.75, 3.05) is 25.0 Å². The minimum absolute atomic E-state index is 0.0435. The van der Waals surface area contributed by atoms with Gasteiger partial charge in [0.05, 0.1) is 27.6 Å². The van der Waals surface area contributed by atoms with E-state index < -0.39 is 30.0 Å². The standard InChI is InChI=1S/C43H47F3N8O4/c1-43(2,46)37-6-4-5-31(47-37)40(56)48-33-19-29-24-53(50-32(29)21-30(33)39(44)45)23-26-9-7-25(8-10-26)22-52-17-15-27(16-18-52)28-11-12-34-36(20-28)51(3)42(58)54(34)35-13-14-38(55)49-41(35)57/h4-6,11-12,19-21,23-27,35,39H,7-10,13-18,22H2,1-3H3,(H-,48,49,55,56,57)/p+1/b53-23+. The third kappa shape index (κ3) is 8.00. The van der Waals surface area contributed by atoms with Crippen LogP contribution in [0.3, 0.4) is 0 Å². The number of likely N-dealkylation sites (tertiary alicyclic amines) is 1. The SMILES string of the molecule is Cn1c(=O)n(C2CCC(=O)NC2=O)c2ccc(C3CCN(CC4CCC(/C=[N+]5\C=c6cc(NC(=O)c7cccc(C(C)(C)F)n7)c(C(F)F)cc6=N5)CC4)CC3)cc21. The summed E-state index contributed by atoms with van der Waals surface area (Å²) in [7, 11) is 1.73. The van der Waals surface area contributed by atoms with Gasteiger partial charge in [0.15, 0.2) is 6.21 Å². The first-order valence-corrected chi connectivity index (χ1v) is 20.1. The van der Waals surface area contributed by atoms with Crippen LogP contribution in [0.2, 0.25) is 0 Å². The molecule has 58 heavy (non-hydrogen) atoms. The summed E-state index contributed by atoms with van der Waals surface area (Å²) in [4.78, 5) is 57.2. The summed E-state index contributed by atoms with van der Waals surface area (Å²) in [5, 5.41) is 10.5. The number of benzene rings is 2. The smallest absolute Gasteiger partial charge is 0.320 e. The van der Waals surface area contributed by atoms with Gasteiger partial charge in [-0.3, -0.25) is 28.8 Å². The van der Waals surface area contributed by atoms with E-state index in [1.54, 1.807) is 22.5 Å². The van der Waals surface area contributed by atoms with Gasteiger partial charge in [-0.15, -0.1) is 0 Å². The van der Waals surface area contributed by atoms with Gasteiger partial charge in [0, 0.05) is 36.6 Å². The Balaban J connectivity index is 0.857. The first-order chi connectivity index (χ1) is 27.7. The van der Waals surface area contributed by atoms with E-state index in [1.165, 1.54) is 54.3 Å². The number of amides is 3. The number of anilines is 1. The number of piperidine rings is 2. The van der Waals surface area contributed by atoms with Crippen molar-refractivity contribution in [3.63, 3.8) is 0 Å². The van der Waals surface area contributed by atoms with Crippen LogP contribution in [0.1, 0.15) is 111 Å². The molecule has 3 amide bonds. The fourth-order valence-electron chi connectivity index (χ4n) is 8.96. The van der Waals surface area contributed by atoms with Crippen molar-refractivity contribution in [1.82, 2.24) is 24.3 Å². The second kappa shape index (κ2) is 15.7. The molecule has 12 nitrogen and oxygen atoms in total. The van der Waals surface area contributed by atoms with Crippen LogP contribution in [-0.2, 0) is 22.3 Å². The predicted octanol–water partition coefficient (Wildman–Crippen LogP) is 5.16. The topological polar surface area (TPSA) is 134 Å². The minimum Gasteiger partial charge on any atom is -0.320 e. The van der Waals surface area contributed by atoms with Crippen molar-refractivity contribution in [2.45, 2.75) is 89.3 Å². The van der Waals surface area contributed by atoms with Crippen molar-refractivity contribution in [2.24, 2.45) is 24.0 Å². The van der Waals surface area contributed by atoms with E-state index in [0.29, 0.717) is 40.3 Å². The third-order valence-electron chi connectivity index (χ3n) is 12.2. The molecule has 3 aliphatic heterocycles. The fraction of sp³-hybridized carbons (Fsp3) is 0.465. The van der Waals surface area contributed by atoms with Crippen LogP contribution in [-0.4, -0.2) is 67.3 Å². The molecule has 304 valence electrons. The van der Waals surface area contributed by atoms with Crippen LogP contribution in [0, 0.1) is 11.8 Å². The van der Waals surface area contributed by atoms with Crippen LogP contribution in [0.15, 0.2) is 58.4 Å². The first kappa shape index (κ1) is 39.4. The van der Waals surface area contributed by atoms with Crippen molar-refractivity contribution < 1.29 is 32.2 Å². The molecule has 4 aliphatic rings. The molecule has 2 aromatic carbocycles. The summed E-state index contributed by atoms with van der Waals surface area (Å²) in [6.07, 6.45) is 7.70. The van der Waals surface area contributed by atoms with E-state index in [9.17, 15) is 32.3 Å². The minimum atomic E-state index is -2.85. The second-order valence-corrected chi connectivity index (χ2v) is 16.7. The highest BCUT2D eigenvalue weighted by atomic mass is 19.3. The van der Waals surface area contributed by atoms with Gasteiger partial charge in [0.1, 0.15) is 22.8 Å². The highest BCUT2D eigenvalue weighted by molar-refractivity contribution is 6.03. The van der Waals surface area contributed by atoms with Gasteiger partial charge in [0.25, 0.3) is 12.3 Å². The number of pyridine rings is 1. The first-order valence-electron chi connectivity index (χ1n) is 20.1. The van der Waals surface area contributed by atoms with Gasteiger partial charge in [-0.25, -0.2) is 22.9 Å². The summed E-state index contributed by atoms with van der Waals surface area (Å²) in [5.74, 6) is -0.204. The van der Waals surface area contributed by atoms with E-state index >= 15 is 0 Å². The van der Waals surface area contributed by atoms with E-state index in [0.717, 1.165) is 63.7 Å². The summed E-state index contributed by atoms with van der Waals surface area (Å²) in [6, 6.07) is 12.6. The molecule has 1 atom stereocenters. The number of carbonyl (C=O) groups is 3. The number of fused-ring (bicyclic) bond motifs is 2. The number of halogens is 3. The molecular weight excluding hydrogens is 750 g/mol. The molecule has 2 saturated heterocycles. The number of imide groups is 1. The van der Waals surface area contributed by atoms with Crippen molar-refractivity contribution in [3.05, 3.63) is 92.1 Å². The van der Waals surface area contributed by atoms with E-state index in [2.05, 4.69) is 44.0 Å². The quantitative estimate of drug-likeness (QED) is 0.178. The molecule has 2 N–H and O–H groups in total. The average Bonchev–Trinajstić information content (AvgIpc) is 3.70. The Kier molecular flexibility index (Phi) is 10.7. The molecule has 2 aromatic heterocycles. The molecule has 8 rings (SSSR count). The summed E-state index contributed by atoms with van der Waals surface area (Å²) in [6.45, 7) is 5.69. The molecule has 1 aliphatic carbocycles. The van der Waals surface area contributed by atoms with E-state index in [1.807, 2.05) is 6.07 Å². The largest absolute Gasteiger partial charge is 0.329 e. The lowest BCUT2D eigenvalue weighted by molar-refractivity contribution is -0.424. The molecule has 0 spiro atoms. The number of aromatic nitrogens is 3. The van der Waals surface area contributed by atoms with Crippen LogP contribution in [0.5, 0.6) is 0 Å². The predicted molar refractivity (Wildman–Crippen MR) is 212 cm³/mol. The Labute approximate surface area is 333 Å². The van der Waals surface area contributed by atoms with Crippen LogP contribution < -0.4 is 26.9 Å². The summed E-state index contributed by atoms with van der Waals surface area (Å²) in [5.41, 5.74) is 0.260. The molecule has 4 aromatic rings. The molecule has 1 saturated carbocycles. The molecular formula is C43H48F3N8O4+. The zero-order chi connectivity index (χ0) is 40.9. The molecule has 1 unspecified atom stereocenters. The third-order valence-corrected chi connectivity index (χ3v) is 12.2. The van der Waals surface area contributed by atoms with Crippen molar-refractivity contribution >= 4 is 46.9 Å². The molecule has 0 radical (unpaired) electrons. The van der Waals surface area contributed by atoms with E-state index in [4.69, 9.17) is 0 Å². The van der Waals surface area contributed by atoms with Gasteiger partial charge in [-0.2, -0.15) is 0 Å². The van der Waals surface area contributed by atoms with Gasteiger partial charge in [0.2, 0.25) is 18.0 Å². The maximum absolute atomic E-state index is 14.5. The molecule has 15 heteroatoms. The Morgan fingerprint density at radius 2 is 1.76 bits per heavy atom. The fourth-order valence-corrected chi connectivity index (χ4v) is 8.96. The van der Waals surface area contributed by atoms with Crippen molar-refractivity contribution in [1.29, 1.82) is 0 Å². The Morgan fingerprint density at radius 3 is 2.47 bits per heavy atom. The summed E-state index contributed by atoms with van der Waals surface area (Å²) >= 11 is 0. The normalized spacial score (nSPS) is 22.5. The Bertz CT molecular complexity index is 2510. The maximum atomic E-state index is 14.5. The number of imidazole rings is 1. The second-order valence-electron chi connectivity index (χ2n) is 16.7. The van der Waals surface area contributed by atoms with Crippen LogP contribution in [0.25, 0.3) is 17.2 Å². The Hall–Kier alpha value is -5.44. The lowest BCUT2D eigenvalue weighted by Crippen LogP contribution is -2.44. The highest BCUT2D eigenvalue weighted by Gasteiger charge is 2.33. The zero-order valence-electron chi connectivity index (χ0n) is 32.9. The van der Waals surface area contributed by atoms with Gasteiger partial charge in [-0.1, -0.05) is 16.8 Å². The number of hydrogen-bond acceptors (Lipinski definition) is 7. The number of hydrogen-bond donors (Lipinski definition) is 2. The Morgan fingerprint density at radius 1 is 1.00 bits per heavy atom. The number of nitrogens with one attached hydrogen (secondary N) is 2. The number of nitrogens with zero attached hydrogens (tertiary/aromatic N) is 6. The lowest BCUT2D eigenvalue weighted by atomic mass is 9.81. The van der Waals surface area contributed by atoms with Gasteiger partial charge < -0.3 is 10.2 Å². The van der Waals surface area contributed by atoms with Gasteiger partial charge >= 0.3 is 5.69 Å². The lowest BCUT2D eigenvalue weighted by Gasteiger charge is -2.36. The average molecular weight is 798 g/mol. The number of alkyl halides is 3. The van der Waals surface area contributed by atoms with Crippen molar-refractivity contribution in [3.8, 4) is 0 Å². The molecule has 3 fully saturated rings. The molecule has 0 bridgehead atoms. The van der Waals surface area contributed by atoms with Gasteiger partial charge in [-0.05, 0) is 126 Å². The van der Waals surface area contributed by atoms with Crippen LogP contribution in [0.4, 0.5) is 18.9 Å². The number of rotatable bonds is 9. The zero-order valence-corrected chi connectivity index (χ0v) is 32.9. The monoisotopic (exact) mass is 797 g/mol. The maximum Gasteiger partial charge on any atom is 0.329 e. The number of carbonyl (C=O) groups excluding carboxylic acids is 3. The highest BCUT2D eigenvalue weighted by Crippen LogP contribution is 2.34. The van der Waals surface area contributed by atoms with Crippen LogP contribution >= 0.6 is 0 Å². The summed E-state index contributed by atoms with van der Waals surface area (Å²) < 4.78 is 47.6. The van der Waals surface area contributed by atoms with E-state index in [-0.39, 0.29) is 40.7 Å².